The van der Waals surface area contributed by atoms with Crippen LogP contribution in [0, 0.1) is 6.92 Å². The summed E-state index contributed by atoms with van der Waals surface area (Å²) in [7, 11) is 0. The Hall–Kier alpha value is -2.28. The quantitative estimate of drug-likeness (QED) is 0.708. The molecule has 2 aromatic rings. The zero-order valence-electron chi connectivity index (χ0n) is 9.60. The molecule has 1 heterocycles. The van der Waals surface area contributed by atoms with Gasteiger partial charge in [0.05, 0.1) is 0 Å². The summed E-state index contributed by atoms with van der Waals surface area (Å²) >= 11 is 4.99. The molecule has 0 saturated carbocycles. The molecule has 0 aliphatic heterocycles. The number of nitrogens with zero attached hydrogens (tertiary/aromatic N) is 2. The van der Waals surface area contributed by atoms with E-state index >= 15 is 0 Å². The summed E-state index contributed by atoms with van der Waals surface area (Å²) in [5, 5.41) is 13.0. The molecule has 2 rings (SSSR count). The largest absolute Gasteiger partial charge is 0.311 e. The van der Waals surface area contributed by atoms with Gasteiger partial charge < -0.3 is 10.3 Å². The number of thiocarbonyl (C=S) groups is 1. The van der Waals surface area contributed by atoms with E-state index in [1.54, 1.807) is 31.2 Å². The fourth-order valence-electron chi connectivity index (χ4n) is 1.31. The second-order valence-corrected chi connectivity index (χ2v) is 3.94. The molecule has 92 valence electrons. The first-order chi connectivity index (χ1) is 8.65. The first-order valence-corrected chi connectivity index (χ1v) is 5.62. The maximum absolute atomic E-state index is 11.8. The predicted molar refractivity (Wildman–Crippen MR) is 71.2 cm³/mol. The maximum atomic E-state index is 11.8. The highest BCUT2D eigenvalue weighted by Gasteiger charge is 2.08. The van der Waals surface area contributed by atoms with Gasteiger partial charge in [0.2, 0.25) is 5.95 Å². The highest BCUT2D eigenvalue weighted by atomic mass is 32.1. The second kappa shape index (κ2) is 5.37. The average Bonchev–Trinajstić information content (AvgIpc) is 2.75. The number of nitrogens with one attached hydrogen (secondary N) is 3. The van der Waals surface area contributed by atoms with Gasteiger partial charge in [0.1, 0.15) is 5.82 Å². The van der Waals surface area contributed by atoms with E-state index in [4.69, 9.17) is 12.2 Å². The summed E-state index contributed by atoms with van der Waals surface area (Å²) < 4.78 is 0. The van der Waals surface area contributed by atoms with E-state index in [0.717, 1.165) is 0 Å². The molecule has 0 radical (unpaired) electrons. The zero-order valence-corrected chi connectivity index (χ0v) is 10.4. The molecule has 1 aromatic heterocycles. The Balaban J connectivity index is 1.94. The van der Waals surface area contributed by atoms with E-state index in [-0.39, 0.29) is 11.0 Å². The average molecular weight is 261 g/mol. The molecule has 6 nitrogen and oxygen atoms in total. The summed E-state index contributed by atoms with van der Waals surface area (Å²) in [6.07, 6.45) is 0. The first-order valence-electron chi connectivity index (χ1n) is 5.22. The van der Waals surface area contributed by atoms with Gasteiger partial charge in [-0.3, -0.25) is 10.1 Å². The highest BCUT2D eigenvalue weighted by Crippen LogP contribution is 1.99. The van der Waals surface area contributed by atoms with Gasteiger partial charge in [0.15, 0.2) is 5.11 Å². The van der Waals surface area contributed by atoms with Crippen LogP contribution in [0.5, 0.6) is 0 Å². The molecule has 3 N–H and O–H groups in total. The van der Waals surface area contributed by atoms with E-state index in [1.807, 2.05) is 6.07 Å². The van der Waals surface area contributed by atoms with E-state index in [2.05, 4.69) is 25.8 Å². The number of H-pyrrole nitrogens is 1. The fraction of sp³-hybridized carbons (Fsp3) is 0.0909. The van der Waals surface area contributed by atoms with Crippen LogP contribution in [0.1, 0.15) is 16.2 Å². The molecule has 0 unspecified atom stereocenters. The number of aryl methyl sites for hydroxylation is 1. The van der Waals surface area contributed by atoms with Crippen molar-refractivity contribution in [2.75, 3.05) is 5.32 Å². The Morgan fingerprint density at radius 2 is 2.00 bits per heavy atom. The minimum absolute atomic E-state index is 0.167. The molecule has 1 aromatic carbocycles. The molecule has 7 heteroatoms. The van der Waals surface area contributed by atoms with Crippen LogP contribution in [0.4, 0.5) is 5.95 Å². The number of amides is 1. The van der Waals surface area contributed by atoms with Crippen LogP contribution in [0.2, 0.25) is 0 Å². The van der Waals surface area contributed by atoms with Gasteiger partial charge in [-0.15, -0.1) is 10.2 Å². The van der Waals surface area contributed by atoms with Gasteiger partial charge in [-0.2, -0.15) is 0 Å². The lowest BCUT2D eigenvalue weighted by atomic mass is 10.2. The van der Waals surface area contributed by atoms with Gasteiger partial charge in [-0.05, 0) is 31.3 Å². The number of rotatable bonds is 2. The monoisotopic (exact) mass is 261 g/mol. The van der Waals surface area contributed by atoms with E-state index in [1.165, 1.54) is 0 Å². The molecule has 0 aliphatic carbocycles. The molecule has 0 saturated heterocycles. The topological polar surface area (TPSA) is 82.7 Å². The molecule has 1 amide bonds. The van der Waals surface area contributed by atoms with Crippen molar-refractivity contribution in [3.63, 3.8) is 0 Å². The first kappa shape index (κ1) is 12.2. The van der Waals surface area contributed by atoms with Crippen LogP contribution in [0.15, 0.2) is 30.3 Å². The van der Waals surface area contributed by atoms with Crippen molar-refractivity contribution in [2.45, 2.75) is 6.92 Å². The SMILES string of the molecule is Cc1nnc(NC(=S)NC(=O)c2ccccc2)[nH]1. The molecular weight excluding hydrogens is 250 g/mol. The number of hydrogen-bond donors (Lipinski definition) is 3. The number of benzene rings is 1. The summed E-state index contributed by atoms with van der Waals surface area (Å²) in [5.41, 5.74) is 0.537. The maximum Gasteiger partial charge on any atom is 0.257 e. The number of anilines is 1. The minimum atomic E-state index is -0.274. The van der Waals surface area contributed by atoms with Crippen molar-refractivity contribution in [3.05, 3.63) is 41.7 Å². The van der Waals surface area contributed by atoms with Crippen LogP contribution >= 0.6 is 12.2 Å². The molecule has 0 atom stereocenters. The van der Waals surface area contributed by atoms with Crippen molar-refractivity contribution in [3.8, 4) is 0 Å². The lowest BCUT2D eigenvalue weighted by Crippen LogP contribution is -2.34. The Morgan fingerprint density at radius 1 is 1.28 bits per heavy atom. The normalized spacial score (nSPS) is 9.83. The van der Waals surface area contributed by atoms with Gasteiger partial charge in [0.25, 0.3) is 5.91 Å². The third kappa shape index (κ3) is 3.11. The lowest BCUT2D eigenvalue weighted by Gasteiger charge is -2.06. The van der Waals surface area contributed by atoms with Crippen molar-refractivity contribution < 1.29 is 4.79 Å². The van der Waals surface area contributed by atoms with Crippen LogP contribution in [0.3, 0.4) is 0 Å². The molecule has 18 heavy (non-hydrogen) atoms. The van der Waals surface area contributed by atoms with Gasteiger partial charge in [0, 0.05) is 5.56 Å². The smallest absolute Gasteiger partial charge is 0.257 e. The van der Waals surface area contributed by atoms with Gasteiger partial charge >= 0.3 is 0 Å². The van der Waals surface area contributed by atoms with E-state index < -0.39 is 0 Å². The third-order valence-electron chi connectivity index (χ3n) is 2.09. The number of hydrogen-bond acceptors (Lipinski definition) is 4. The summed E-state index contributed by atoms with van der Waals surface area (Å²) in [6.45, 7) is 1.77. The summed E-state index contributed by atoms with van der Waals surface area (Å²) in [6, 6.07) is 8.81. The standard InChI is InChI=1S/C11H11N5OS/c1-7-12-10(16-15-7)14-11(18)13-9(17)8-5-3-2-4-6-8/h2-6H,1H3,(H3,12,13,14,15,16,17,18). The fourth-order valence-corrected chi connectivity index (χ4v) is 1.50. The highest BCUT2D eigenvalue weighted by molar-refractivity contribution is 7.80. The number of carbonyl (C=O) groups excluding carboxylic acids is 1. The number of aromatic nitrogens is 3. The Morgan fingerprint density at radius 3 is 2.61 bits per heavy atom. The molecule has 0 spiro atoms. The minimum Gasteiger partial charge on any atom is -0.311 e. The molecular formula is C11H11N5OS. The Bertz CT molecular complexity index is 566. The van der Waals surface area contributed by atoms with E-state index in [9.17, 15) is 4.79 Å². The Labute approximate surface area is 109 Å². The second-order valence-electron chi connectivity index (χ2n) is 3.53. The molecule has 0 aliphatic rings. The van der Waals surface area contributed by atoms with Crippen molar-refractivity contribution in [2.24, 2.45) is 0 Å². The van der Waals surface area contributed by atoms with Crippen molar-refractivity contribution >= 4 is 29.2 Å². The van der Waals surface area contributed by atoms with E-state index in [0.29, 0.717) is 17.3 Å². The molecule has 0 fully saturated rings. The van der Waals surface area contributed by atoms with Gasteiger partial charge in [-0.25, -0.2) is 0 Å². The van der Waals surface area contributed by atoms with Crippen LogP contribution < -0.4 is 10.6 Å². The van der Waals surface area contributed by atoms with Crippen LogP contribution in [0.25, 0.3) is 0 Å². The Kier molecular flexibility index (Phi) is 3.63. The van der Waals surface area contributed by atoms with Crippen LogP contribution in [-0.2, 0) is 0 Å². The molecule has 0 bridgehead atoms. The van der Waals surface area contributed by atoms with Crippen molar-refractivity contribution in [1.29, 1.82) is 0 Å². The van der Waals surface area contributed by atoms with Crippen molar-refractivity contribution in [1.82, 2.24) is 20.5 Å². The predicted octanol–water partition coefficient (Wildman–Crippen LogP) is 1.24. The third-order valence-corrected chi connectivity index (χ3v) is 2.30. The zero-order chi connectivity index (χ0) is 13.0. The van der Waals surface area contributed by atoms with Crippen LogP contribution in [-0.4, -0.2) is 26.2 Å². The van der Waals surface area contributed by atoms with Gasteiger partial charge in [-0.1, -0.05) is 18.2 Å². The summed E-state index contributed by atoms with van der Waals surface area (Å²) in [5.74, 6) is 0.782. The number of aromatic amines is 1. The lowest BCUT2D eigenvalue weighted by molar-refractivity contribution is 0.0978. The number of carbonyl (C=O) groups is 1. The summed E-state index contributed by atoms with van der Waals surface area (Å²) in [4.78, 5) is 14.6.